The molecule has 47 heavy (non-hydrogen) atoms. The first-order valence-electron chi connectivity index (χ1n) is 15.9. The molecule has 0 aliphatic rings. The molecule has 0 bridgehead atoms. The van der Waals surface area contributed by atoms with E-state index in [1.807, 2.05) is 6.92 Å². The molecule has 1 aromatic rings. The molecule has 0 aromatic heterocycles. The number of benzene rings is 1. The molecule has 1 aromatic carbocycles. The number of carbonyl (C=O) groups is 7. The summed E-state index contributed by atoms with van der Waals surface area (Å²) in [4.78, 5) is 85.5. The van der Waals surface area contributed by atoms with Gasteiger partial charge in [-0.25, -0.2) is 4.79 Å². The Morgan fingerprint density at radius 2 is 1.30 bits per heavy atom. The average molecular weight is 663 g/mol. The van der Waals surface area contributed by atoms with Gasteiger partial charge in [0.05, 0.1) is 6.42 Å². The van der Waals surface area contributed by atoms with Gasteiger partial charge in [0.15, 0.2) is 0 Å². The number of primary amides is 2. The maximum absolute atomic E-state index is 12.8. The molecular weight excluding hydrogens is 612 g/mol. The van der Waals surface area contributed by atoms with Crippen LogP contribution in [-0.2, 0) is 40.0 Å². The number of aliphatic hydroxyl groups is 1. The van der Waals surface area contributed by atoms with Gasteiger partial charge in [-0.2, -0.15) is 0 Å². The summed E-state index contributed by atoms with van der Waals surface area (Å²) in [5.74, 6) is -5.29. The van der Waals surface area contributed by atoms with Crippen molar-refractivity contribution in [1.29, 1.82) is 0 Å². The zero-order valence-electron chi connectivity index (χ0n) is 27.2. The lowest BCUT2D eigenvalue weighted by Gasteiger charge is -2.25. The smallest absolute Gasteiger partial charge is 0.326 e. The van der Waals surface area contributed by atoms with Gasteiger partial charge in [-0.3, -0.25) is 28.8 Å². The first-order valence-corrected chi connectivity index (χ1v) is 15.9. The second-order valence-electron chi connectivity index (χ2n) is 11.6. The summed E-state index contributed by atoms with van der Waals surface area (Å²) < 4.78 is 0. The summed E-state index contributed by atoms with van der Waals surface area (Å²) in [6.07, 6.45) is 3.36. The summed E-state index contributed by atoms with van der Waals surface area (Å²) in [5.41, 5.74) is 11.2. The zero-order valence-corrected chi connectivity index (χ0v) is 27.2. The van der Waals surface area contributed by atoms with Crippen molar-refractivity contribution in [3.8, 4) is 0 Å². The Labute approximate surface area is 275 Å². The SMILES string of the molecule is CC[C@@H](C)[C@H](NC(=O)CCCCCCCC(=O)N[C@@H](CC(N)=O)C(=O)N[C@@H](Cc1ccccc1)C(=O)O)C(=O)N[C@@H](CCO)C(N)=O. The Balaban J connectivity index is 2.49. The molecule has 15 heteroatoms. The molecule has 15 nitrogen and oxygen atoms in total. The number of hydrogen-bond donors (Lipinski definition) is 8. The summed E-state index contributed by atoms with van der Waals surface area (Å²) >= 11 is 0. The van der Waals surface area contributed by atoms with Gasteiger partial charge in [-0.1, -0.05) is 69.9 Å². The van der Waals surface area contributed by atoms with Crippen LogP contribution in [-0.4, -0.2) is 82.4 Å². The van der Waals surface area contributed by atoms with Crippen LogP contribution < -0.4 is 32.7 Å². The monoisotopic (exact) mass is 662 g/mol. The molecular formula is C32H50N6O9. The van der Waals surface area contributed by atoms with Crippen LogP contribution in [0, 0.1) is 5.92 Å². The van der Waals surface area contributed by atoms with Gasteiger partial charge in [0.25, 0.3) is 0 Å². The molecule has 0 aliphatic heterocycles. The van der Waals surface area contributed by atoms with Crippen molar-refractivity contribution in [3.05, 3.63) is 35.9 Å². The summed E-state index contributed by atoms with van der Waals surface area (Å²) in [5, 5.41) is 28.7. The Bertz CT molecular complexity index is 1200. The van der Waals surface area contributed by atoms with Crippen molar-refractivity contribution < 1.29 is 43.8 Å². The number of amides is 6. The van der Waals surface area contributed by atoms with Gasteiger partial charge in [-0.15, -0.1) is 0 Å². The van der Waals surface area contributed by atoms with Gasteiger partial charge in [0.2, 0.25) is 35.4 Å². The molecule has 0 unspecified atom stereocenters. The van der Waals surface area contributed by atoms with Crippen molar-refractivity contribution in [2.24, 2.45) is 17.4 Å². The van der Waals surface area contributed by atoms with E-state index in [0.29, 0.717) is 44.1 Å². The number of nitrogens with one attached hydrogen (secondary N) is 4. The second-order valence-corrected chi connectivity index (χ2v) is 11.6. The lowest BCUT2D eigenvalue weighted by molar-refractivity contribution is -0.142. The Morgan fingerprint density at radius 3 is 1.81 bits per heavy atom. The van der Waals surface area contributed by atoms with Crippen molar-refractivity contribution in [2.45, 2.75) is 109 Å². The van der Waals surface area contributed by atoms with Gasteiger partial charge in [-0.05, 0) is 30.7 Å². The minimum Gasteiger partial charge on any atom is -0.480 e. The highest BCUT2D eigenvalue weighted by molar-refractivity contribution is 5.94. The molecule has 10 N–H and O–H groups in total. The van der Waals surface area contributed by atoms with Gasteiger partial charge in [0.1, 0.15) is 24.2 Å². The van der Waals surface area contributed by atoms with E-state index in [0.717, 1.165) is 0 Å². The first kappa shape index (κ1) is 40.5. The van der Waals surface area contributed by atoms with Crippen molar-refractivity contribution in [3.63, 3.8) is 0 Å². The summed E-state index contributed by atoms with van der Waals surface area (Å²) in [6.45, 7) is 3.33. The lowest BCUT2D eigenvalue weighted by Crippen LogP contribution is -2.55. The van der Waals surface area contributed by atoms with E-state index in [9.17, 15) is 38.7 Å². The average Bonchev–Trinajstić information content (AvgIpc) is 3.01. The molecule has 1 rings (SSSR count). The normalized spacial score (nSPS) is 14.0. The van der Waals surface area contributed by atoms with Crippen LogP contribution in [0.25, 0.3) is 0 Å². The maximum Gasteiger partial charge on any atom is 0.326 e. The third kappa shape index (κ3) is 16.6. The van der Waals surface area contributed by atoms with Crippen LogP contribution >= 0.6 is 0 Å². The molecule has 0 radical (unpaired) electrons. The van der Waals surface area contributed by atoms with E-state index in [2.05, 4.69) is 21.3 Å². The fraction of sp³-hybridized carbons (Fsp3) is 0.594. The maximum atomic E-state index is 12.8. The largest absolute Gasteiger partial charge is 0.480 e. The minimum atomic E-state index is -1.33. The summed E-state index contributed by atoms with van der Waals surface area (Å²) in [6, 6.07) is 4.17. The third-order valence-electron chi connectivity index (χ3n) is 7.65. The van der Waals surface area contributed by atoms with Crippen molar-refractivity contribution >= 4 is 41.4 Å². The molecule has 5 atom stereocenters. The highest BCUT2D eigenvalue weighted by atomic mass is 16.4. The number of aliphatic hydroxyl groups excluding tert-OH is 1. The number of unbranched alkanes of at least 4 members (excludes halogenated alkanes) is 4. The van der Waals surface area contributed by atoms with E-state index < -0.39 is 66.1 Å². The predicted octanol–water partition coefficient (Wildman–Crippen LogP) is -0.227. The molecule has 6 amide bonds. The van der Waals surface area contributed by atoms with Crippen molar-refractivity contribution in [2.75, 3.05) is 6.61 Å². The molecule has 0 spiro atoms. The topological polar surface area (TPSA) is 260 Å². The van der Waals surface area contributed by atoms with E-state index in [1.165, 1.54) is 0 Å². The van der Waals surface area contributed by atoms with Crippen LogP contribution in [0.3, 0.4) is 0 Å². The predicted molar refractivity (Wildman–Crippen MR) is 172 cm³/mol. The molecule has 0 saturated carbocycles. The highest BCUT2D eigenvalue weighted by Gasteiger charge is 2.30. The van der Waals surface area contributed by atoms with Gasteiger partial charge >= 0.3 is 5.97 Å². The molecule has 262 valence electrons. The fourth-order valence-corrected chi connectivity index (χ4v) is 4.72. The van der Waals surface area contributed by atoms with Gasteiger partial charge in [0, 0.05) is 25.9 Å². The Morgan fingerprint density at radius 1 is 0.745 bits per heavy atom. The zero-order chi connectivity index (χ0) is 35.4. The Kier molecular flexibility index (Phi) is 19.0. The fourth-order valence-electron chi connectivity index (χ4n) is 4.72. The highest BCUT2D eigenvalue weighted by Crippen LogP contribution is 2.12. The number of carbonyl (C=O) groups excluding carboxylic acids is 6. The minimum absolute atomic E-state index is 0.0113. The van der Waals surface area contributed by atoms with E-state index >= 15 is 0 Å². The van der Waals surface area contributed by atoms with E-state index in [4.69, 9.17) is 16.6 Å². The molecule has 0 fully saturated rings. The number of carboxylic acid groups (broad SMARTS) is 1. The number of aliphatic carboxylic acids is 1. The number of rotatable bonds is 24. The van der Waals surface area contributed by atoms with Crippen molar-refractivity contribution in [1.82, 2.24) is 21.3 Å². The van der Waals surface area contributed by atoms with Crippen LogP contribution in [0.15, 0.2) is 30.3 Å². The first-order chi connectivity index (χ1) is 22.3. The Hall–Kier alpha value is -4.53. The molecule has 0 saturated heterocycles. The summed E-state index contributed by atoms with van der Waals surface area (Å²) in [7, 11) is 0. The van der Waals surface area contributed by atoms with Crippen LogP contribution in [0.2, 0.25) is 0 Å². The van der Waals surface area contributed by atoms with E-state index in [1.54, 1.807) is 37.3 Å². The lowest BCUT2D eigenvalue weighted by atomic mass is 9.97. The van der Waals surface area contributed by atoms with Crippen LogP contribution in [0.4, 0.5) is 0 Å². The molecule has 0 heterocycles. The van der Waals surface area contributed by atoms with Crippen LogP contribution in [0.1, 0.15) is 83.6 Å². The number of hydrogen-bond acceptors (Lipinski definition) is 8. The van der Waals surface area contributed by atoms with E-state index in [-0.39, 0.29) is 44.1 Å². The standard InChI is InChI=1S/C32H50N6O9/c1-3-20(2)28(31(45)36-22(16-17-39)29(34)43)38-27(42)15-11-6-4-5-10-14-26(41)35-23(19-25(33)40)30(44)37-24(32(46)47)18-21-12-8-7-9-13-21/h7-9,12-13,20,22-24,28,39H,3-6,10-11,14-19H2,1-2H3,(H2,33,40)(H2,34,43)(H,35,41)(H,36,45)(H,37,44)(H,38,42)(H,46,47)/t20-,22+,23+,24+,28+/m1/s1. The second kappa shape index (κ2) is 22.1. The third-order valence-corrected chi connectivity index (χ3v) is 7.65. The number of carboxylic acids is 1. The quantitative estimate of drug-likeness (QED) is 0.0679. The van der Waals surface area contributed by atoms with Gasteiger partial charge < -0.3 is 42.9 Å². The van der Waals surface area contributed by atoms with Crippen LogP contribution in [0.5, 0.6) is 0 Å². The number of nitrogens with two attached hydrogens (primary N) is 2. The molecule has 0 aliphatic carbocycles.